The van der Waals surface area contributed by atoms with Crippen molar-refractivity contribution in [3.05, 3.63) is 48.0 Å². The van der Waals surface area contributed by atoms with Crippen molar-refractivity contribution in [2.45, 2.75) is 38.6 Å². The smallest absolute Gasteiger partial charge is 0.226 e. The Morgan fingerprint density at radius 1 is 1.04 bits per heavy atom. The van der Waals surface area contributed by atoms with Crippen LogP contribution in [0.4, 0.5) is 0 Å². The van der Waals surface area contributed by atoms with Crippen LogP contribution in [-0.4, -0.2) is 67.4 Å². The Morgan fingerprint density at radius 3 is 2.43 bits per heavy atom. The minimum absolute atomic E-state index is 0.188. The fraction of sp³-hybridized carbons (Fsp3) is 0.625. The molecule has 1 aliphatic heterocycles. The van der Waals surface area contributed by atoms with Gasteiger partial charge < -0.3 is 14.7 Å². The second-order valence-electron chi connectivity index (χ2n) is 8.77. The summed E-state index contributed by atoms with van der Waals surface area (Å²) in [5, 5.41) is 0. The van der Waals surface area contributed by atoms with E-state index < -0.39 is 0 Å². The molecule has 1 saturated heterocycles. The van der Waals surface area contributed by atoms with E-state index in [-0.39, 0.29) is 5.92 Å². The van der Waals surface area contributed by atoms with Crippen molar-refractivity contribution >= 4 is 5.91 Å². The van der Waals surface area contributed by atoms with E-state index in [9.17, 15) is 4.79 Å². The van der Waals surface area contributed by atoms with Crippen LogP contribution in [0.3, 0.4) is 0 Å². The van der Waals surface area contributed by atoms with Gasteiger partial charge in [0.2, 0.25) is 5.91 Å². The molecule has 3 rings (SSSR count). The van der Waals surface area contributed by atoms with Crippen molar-refractivity contribution in [1.29, 1.82) is 0 Å². The second kappa shape index (κ2) is 10.8. The number of piperidine rings is 1. The second-order valence-corrected chi connectivity index (χ2v) is 8.77. The fourth-order valence-electron chi connectivity index (χ4n) is 4.40. The van der Waals surface area contributed by atoms with Gasteiger partial charge in [0.25, 0.3) is 0 Å². The van der Waals surface area contributed by atoms with Gasteiger partial charge in [-0.2, -0.15) is 0 Å². The van der Waals surface area contributed by atoms with E-state index in [0.717, 1.165) is 51.5 Å². The molecule has 1 amide bonds. The molecule has 4 heteroatoms. The average Bonchev–Trinajstić information content (AvgIpc) is 2.72. The summed E-state index contributed by atoms with van der Waals surface area (Å²) in [7, 11) is 4.15. The number of rotatable bonds is 8. The normalized spacial score (nSPS) is 21.2. The lowest BCUT2D eigenvalue weighted by molar-refractivity contribution is -0.138. The summed E-state index contributed by atoms with van der Waals surface area (Å²) in [6.07, 6.45) is 10.5. The minimum atomic E-state index is 0.188. The van der Waals surface area contributed by atoms with Crippen LogP contribution in [0.2, 0.25) is 0 Å². The third kappa shape index (κ3) is 6.46. The van der Waals surface area contributed by atoms with E-state index in [1.54, 1.807) is 0 Å². The summed E-state index contributed by atoms with van der Waals surface area (Å²) >= 11 is 0. The summed E-state index contributed by atoms with van der Waals surface area (Å²) in [6.45, 7) is 5.79. The monoisotopic (exact) mass is 383 g/mol. The zero-order valence-corrected chi connectivity index (χ0v) is 17.7. The highest BCUT2D eigenvalue weighted by molar-refractivity contribution is 5.79. The third-order valence-corrected chi connectivity index (χ3v) is 6.18. The molecule has 1 aliphatic carbocycles. The Balaban J connectivity index is 1.52. The molecule has 4 nitrogen and oxygen atoms in total. The van der Waals surface area contributed by atoms with Crippen LogP contribution < -0.4 is 0 Å². The molecule has 1 aromatic rings. The molecule has 1 atom stereocenters. The lowest BCUT2D eigenvalue weighted by atomic mass is 9.91. The Labute approximate surface area is 171 Å². The van der Waals surface area contributed by atoms with Crippen molar-refractivity contribution < 1.29 is 4.79 Å². The minimum Gasteiger partial charge on any atom is -0.337 e. The highest BCUT2D eigenvalue weighted by Gasteiger charge is 2.29. The van der Waals surface area contributed by atoms with E-state index in [0.29, 0.717) is 5.91 Å². The van der Waals surface area contributed by atoms with Gasteiger partial charge in [-0.3, -0.25) is 4.79 Å². The molecule has 0 aromatic heterocycles. The summed E-state index contributed by atoms with van der Waals surface area (Å²) in [6, 6.07) is 10.4. The molecule has 2 aliphatic rings. The van der Waals surface area contributed by atoms with Crippen LogP contribution in [0.5, 0.6) is 0 Å². The highest BCUT2D eigenvalue weighted by atomic mass is 16.2. The van der Waals surface area contributed by atoms with Crippen molar-refractivity contribution in [2.75, 3.05) is 46.8 Å². The Hall–Kier alpha value is -1.65. The van der Waals surface area contributed by atoms with Gasteiger partial charge in [0.1, 0.15) is 0 Å². The molecule has 154 valence electrons. The Kier molecular flexibility index (Phi) is 8.11. The van der Waals surface area contributed by atoms with E-state index in [4.69, 9.17) is 0 Å². The molecule has 28 heavy (non-hydrogen) atoms. The standard InChI is InChI=1S/C24H37N3O/c1-25(2)17-18-27(20-22-11-7-4-8-12-22)24(28)23-13-15-26(16-14-23)19-21-9-5-3-6-10-21/h3-5,7-8,11-12,21,23H,6,9-10,13-20H2,1-2H3/t21-/m0/s1. The molecule has 1 fully saturated rings. The summed E-state index contributed by atoms with van der Waals surface area (Å²) in [5.41, 5.74) is 1.22. The molecular formula is C24H37N3O. The molecule has 0 saturated carbocycles. The van der Waals surface area contributed by atoms with Gasteiger partial charge in [0, 0.05) is 32.1 Å². The summed E-state index contributed by atoms with van der Waals surface area (Å²) in [4.78, 5) is 20.1. The van der Waals surface area contributed by atoms with Gasteiger partial charge in [-0.15, -0.1) is 0 Å². The van der Waals surface area contributed by atoms with E-state index >= 15 is 0 Å². The average molecular weight is 384 g/mol. The Morgan fingerprint density at radius 2 is 1.79 bits per heavy atom. The number of carbonyl (C=O) groups excluding carboxylic acids is 1. The van der Waals surface area contributed by atoms with Crippen LogP contribution >= 0.6 is 0 Å². The molecule has 0 spiro atoms. The number of likely N-dealkylation sites (N-methyl/N-ethyl adjacent to an activating group) is 1. The molecule has 0 unspecified atom stereocenters. The number of likely N-dealkylation sites (tertiary alicyclic amines) is 1. The summed E-state index contributed by atoms with van der Waals surface area (Å²) in [5.74, 6) is 1.35. The van der Waals surface area contributed by atoms with Gasteiger partial charge in [0.15, 0.2) is 0 Å². The molecule has 0 N–H and O–H groups in total. The first-order valence-electron chi connectivity index (χ1n) is 11.0. The maximum Gasteiger partial charge on any atom is 0.226 e. The predicted octanol–water partition coefficient (Wildman–Crippen LogP) is 3.65. The maximum atomic E-state index is 13.3. The van der Waals surface area contributed by atoms with Crippen molar-refractivity contribution in [1.82, 2.24) is 14.7 Å². The fourth-order valence-corrected chi connectivity index (χ4v) is 4.40. The van der Waals surface area contributed by atoms with Crippen LogP contribution in [0.1, 0.15) is 37.7 Å². The lowest BCUT2D eigenvalue weighted by Gasteiger charge is -2.36. The van der Waals surface area contributed by atoms with E-state index in [2.05, 4.69) is 65.2 Å². The van der Waals surface area contributed by atoms with Gasteiger partial charge in [0.05, 0.1) is 0 Å². The molecule has 1 aromatic carbocycles. The molecule has 0 radical (unpaired) electrons. The van der Waals surface area contributed by atoms with Crippen LogP contribution in [0.25, 0.3) is 0 Å². The van der Waals surface area contributed by atoms with Crippen molar-refractivity contribution in [3.8, 4) is 0 Å². The number of hydrogen-bond donors (Lipinski definition) is 0. The Bertz CT molecular complexity index is 620. The predicted molar refractivity (Wildman–Crippen MR) is 116 cm³/mol. The SMILES string of the molecule is CN(C)CCN(Cc1ccccc1)C(=O)C1CCN(C[C@H]2CC=CCC2)CC1. The van der Waals surface area contributed by atoms with E-state index in [1.165, 1.54) is 31.4 Å². The number of nitrogens with zero attached hydrogens (tertiary/aromatic N) is 3. The summed E-state index contributed by atoms with van der Waals surface area (Å²) < 4.78 is 0. The highest BCUT2D eigenvalue weighted by Crippen LogP contribution is 2.24. The maximum absolute atomic E-state index is 13.3. The van der Waals surface area contributed by atoms with Crippen LogP contribution in [-0.2, 0) is 11.3 Å². The zero-order chi connectivity index (χ0) is 19.8. The first-order valence-corrected chi connectivity index (χ1v) is 11.0. The number of benzene rings is 1. The first kappa shape index (κ1) is 21.1. The van der Waals surface area contributed by atoms with E-state index in [1.807, 2.05) is 6.07 Å². The van der Waals surface area contributed by atoms with Crippen LogP contribution in [0.15, 0.2) is 42.5 Å². The van der Waals surface area contributed by atoms with Crippen LogP contribution in [0, 0.1) is 11.8 Å². The number of allylic oxidation sites excluding steroid dienone is 2. The van der Waals surface area contributed by atoms with Crippen molar-refractivity contribution in [3.63, 3.8) is 0 Å². The zero-order valence-electron chi connectivity index (χ0n) is 17.7. The lowest BCUT2D eigenvalue weighted by Crippen LogP contribution is -2.45. The topological polar surface area (TPSA) is 26.8 Å². The van der Waals surface area contributed by atoms with Gasteiger partial charge in [-0.25, -0.2) is 0 Å². The number of carbonyl (C=O) groups is 1. The van der Waals surface area contributed by atoms with Gasteiger partial charge in [-0.05, 0) is 70.8 Å². The largest absolute Gasteiger partial charge is 0.337 e. The molecule has 0 bridgehead atoms. The number of hydrogen-bond acceptors (Lipinski definition) is 3. The quantitative estimate of drug-likeness (QED) is 0.641. The van der Waals surface area contributed by atoms with Gasteiger partial charge in [-0.1, -0.05) is 42.5 Å². The molecule has 1 heterocycles. The molecular weight excluding hydrogens is 346 g/mol. The third-order valence-electron chi connectivity index (χ3n) is 6.18. The number of amides is 1. The van der Waals surface area contributed by atoms with Crippen molar-refractivity contribution in [2.24, 2.45) is 11.8 Å². The first-order chi connectivity index (χ1) is 13.6. The van der Waals surface area contributed by atoms with Gasteiger partial charge >= 0.3 is 0 Å².